The quantitative estimate of drug-likeness (QED) is 0.173. The first-order valence-corrected chi connectivity index (χ1v) is 18.8. The normalized spacial score (nSPS) is 15.9. The Balaban J connectivity index is 0.00000784. The molecule has 0 spiro atoms. The van der Waals surface area contributed by atoms with Gasteiger partial charge in [-0.05, 0) is 77.1 Å². The third-order valence-electron chi connectivity index (χ3n) is 8.73. The number of carbonyl (C=O) groups excluding carboxylic acids is 5. The summed E-state index contributed by atoms with van der Waals surface area (Å²) in [5.74, 6) is -1.91. The van der Waals surface area contributed by atoms with E-state index in [2.05, 4.69) is 16.0 Å². The Hall–Kier alpha value is -4.55. The van der Waals surface area contributed by atoms with E-state index in [0.29, 0.717) is 12.3 Å². The number of benzene rings is 3. The zero-order valence-corrected chi connectivity index (χ0v) is 33.7. The molecule has 11 nitrogen and oxygen atoms in total. The molecule has 3 aromatic carbocycles. The highest BCUT2D eigenvalue weighted by molar-refractivity contribution is 8.00. The second kappa shape index (κ2) is 19.7. The van der Waals surface area contributed by atoms with Crippen molar-refractivity contribution in [2.75, 3.05) is 12.5 Å². The number of hydrogen-bond acceptors (Lipinski definition) is 8. The molecule has 13 heteroatoms. The summed E-state index contributed by atoms with van der Waals surface area (Å²) in [6.07, 6.45) is -1.88. The molecule has 4 amide bonds. The Morgan fingerprint density at radius 3 is 2.04 bits per heavy atom. The third kappa shape index (κ3) is 12.8. The SMILES string of the molecule is Cc1cccc(C)c1OCC(=O)N[C@@H](Cc1ccccc1)[C@H](OC(=O)CCC(=O)NCc1ccccc1)C(=O)N1CSC(C)(C)[C@H]1C(=O)NC(C)(C)C.Cl. The lowest BCUT2D eigenvalue weighted by Gasteiger charge is -2.36. The third-order valence-corrected chi connectivity index (χ3v) is 10.1. The highest BCUT2D eigenvalue weighted by atomic mass is 35.5. The fourth-order valence-corrected chi connectivity index (χ4v) is 7.27. The maximum Gasteiger partial charge on any atom is 0.307 e. The maximum atomic E-state index is 14.7. The monoisotopic (exact) mass is 780 g/mol. The molecule has 4 rings (SSSR count). The summed E-state index contributed by atoms with van der Waals surface area (Å²) in [5.41, 5.74) is 2.85. The van der Waals surface area contributed by atoms with Gasteiger partial charge < -0.3 is 30.3 Å². The summed E-state index contributed by atoms with van der Waals surface area (Å²) in [5, 5.41) is 8.71. The fourth-order valence-electron chi connectivity index (χ4n) is 6.13. The van der Waals surface area contributed by atoms with E-state index in [1.54, 1.807) is 0 Å². The van der Waals surface area contributed by atoms with Crippen LogP contribution in [0.2, 0.25) is 0 Å². The summed E-state index contributed by atoms with van der Waals surface area (Å²) < 4.78 is 11.2. The average molecular weight is 781 g/mol. The molecule has 3 N–H and O–H groups in total. The molecule has 0 bridgehead atoms. The van der Waals surface area contributed by atoms with Crippen LogP contribution in [0.5, 0.6) is 5.75 Å². The minimum Gasteiger partial charge on any atom is -0.483 e. The molecule has 54 heavy (non-hydrogen) atoms. The number of amides is 4. The van der Waals surface area contributed by atoms with E-state index in [-0.39, 0.29) is 56.0 Å². The van der Waals surface area contributed by atoms with E-state index in [0.717, 1.165) is 22.3 Å². The Bertz CT molecular complexity index is 1730. The van der Waals surface area contributed by atoms with Gasteiger partial charge in [0.1, 0.15) is 11.8 Å². The van der Waals surface area contributed by atoms with Gasteiger partial charge in [0, 0.05) is 23.3 Å². The van der Waals surface area contributed by atoms with Gasteiger partial charge in [-0.1, -0.05) is 78.9 Å². The first-order valence-electron chi connectivity index (χ1n) is 17.8. The van der Waals surface area contributed by atoms with Crippen molar-refractivity contribution in [2.24, 2.45) is 0 Å². The average Bonchev–Trinajstić information content (AvgIpc) is 3.43. The number of rotatable bonds is 15. The number of thioether (sulfide) groups is 1. The predicted molar refractivity (Wildman–Crippen MR) is 213 cm³/mol. The highest BCUT2D eigenvalue weighted by Crippen LogP contribution is 2.40. The topological polar surface area (TPSA) is 143 Å². The molecule has 1 fully saturated rings. The van der Waals surface area contributed by atoms with Crippen LogP contribution in [-0.4, -0.2) is 75.5 Å². The Kier molecular flexibility index (Phi) is 16.0. The van der Waals surface area contributed by atoms with Gasteiger partial charge in [0.2, 0.25) is 17.9 Å². The van der Waals surface area contributed by atoms with Crippen molar-refractivity contribution in [3.63, 3.8) is 0 Å². The number of carbonyl (C=O) groups is 5. The molecule has 3 atom stereocenters. The number of para-hydroxylation sites is 1. The van der Waals surface area contributed by atoms with E-state index in [1.807, 2.05) is 127 Å². The van der Waals surface area contributed by atoms with Crippen LogP contribution < -0.4 is 20.7 Å². The summed E-state index contributed by atoms with van der Waals surface area (Å²) in [4.78, 5) is 69.7. The summed E-state index contributed by atoms with van der Waals surface area (Å²) in [7, 11) is 0. The second-order valence-corrected chi connectivity index (χ2v) is 16.5. The van der Waals surface area contributed by atoms with Crippen molar-refractivity contribution in [2.45, 2.75) is 103 Å². The van der Waals surface area contributed by atoms with Crippen LogP contribution in [0.25, 0.3) is 0 Å². The molecular formula is C41H53ClN4O7S. The molecule has 292 valence electrons. The largest absolute Gasteiger partial charge is 0.483 e. The molecule has 3 aromatic rings. The van der Waals surface area contributed by atoms with E-state index in [4.69, 9.17) is 9.47 Å². The van der Waals surface area contributed by atoms with Crippen LogP contribution >= 0.6 is 24.2 Å². The summed E-state index contributed by atoms with van der Waals surface area (Å²) >= 11 is 1.43. The molecule has 0 aliphatic carbocycles. The van der Waals surface area contributed by atoms with Crippen molar-refractivity contribution in [3.05, 3.63) is 101 Å². The van der Waals surface area contributed by atoms with Crippen LogP contribution in [0.4, 0.5) is 0 Å². The highest BCUT2D eigenvalue weighted by Gasteiger charge is 2.51. The van der Waals surface area contributed by atoms with Crippen LogP contribution in [0.1, 0.15) is 69.7 Å². The fraction of sp³-hybridized carbons (Fsp3) is 0.439. The number of esters is 1. The first kappa shape index (κ1) is 43.9. The number of hydrogen-bond donors (Lipinski definition) is 3. The number of nitrogens with one attached hydrogen (secondary N) is 3. The Morgan fingerprint density at radius 1 is 0.852 bits per heavy atom. The van der Waals surface area contributed by atoms with Crippen molar-refractivity contribution >= 4 is 53.8 Å². The number of aryl methyl sites for hydroxylation is 2. The minimum atomic E-state index is -1.53. The van der Waals surface area contributed by atoms with Crippen LogP contribution in [-0.2, 0) is 41.7 Å². The van der Waals surface area contributed by atoms with E-state index < -0.39 is 46.3 Å². The molecule has 1 aliphatic heterocycles. The maximum absolute atomic E-state index is 14.7. The lowest BCUT2D eigenvalue weighted by atomic mass is 9.96. The standard InChI is InChI=1S/C41H52N4O7S.ClH/c1-27-15-14-16-28(2)35(27)51-25-33(47)43-31(23-29-17-10-8-11-18-29)36(52-34(48)22-21-32(46)42-24-30-19-12-9-13-20-30)39(50)45-26-53-41(6,7)37(45)38(49)44-40(3,4)5;/h8-20,31,36-37H,21-26H2,1-7H3,(H,42,46)(H,43,47)(H,44,49);1H/t31-,36-,37+;/m0./s1. The molecule has 0 unspecified atom stereocenters. The van der Waals surface area contributed by atoms with Gasteiger partial charge in [0.25, 0.3) is 11.8 Å². The molecule has 1 aliphatic rings. The van der Waals surface area contributed by atoms with E-state index in [9.17, 15) is 24.0 Å². The minimum absolute atomic E-state index is 0. The lowest BCUT2D eigenvalue weighted by Crippen LogP contribution is -2.61. The van der Waals surface area contributed by atoms with Gasteiger partial charge in [-0.3, -0.25) is 24.0 Å². The van der Waals surface area contributed by atoms with Crippen molar-refractivity contribution in [3.8, 4) is 5.75 Å². The lowest BCUT2D eigenvalue weighted by molar-refractivity contribution is -0.164. The first-order chi connectivity index (χ1) is 25.0. The number of ether oxygens (including phenoxy) is 2. The zero-order chi connectivity index (χ0) is 38.8. The van der Waals surface area contributed by atoms with Crippen molar-refractivity contribution < 1.29 is 33.4 Å². The van der Waals surface area contributed by atoms with E-state index >= 15 is 0 Å². The van der Waals surface area contributed by atoms with Crippen LogP contribution in [0.15, 0.2) is 78.9 Å². The van der Waals surface area contributed by atoms with Crippen molar-refractivity contribution in [1.29, 1.82) is 0 Å². The number of halogens is 1. The van der Waals surface area contributed by atoms with Gasteiger partial charge >= 0.3 is 5.97 Å². The Labute approximate surface area is 329 Å². The smallest absolute Gasteiger partial charge is 0.307 e. The summed E-state index contributed by atoms with van der Waals surface area (Å²) in [6, 6.07) is 22.3. The molecular weight excluding hydrogens is 728 g/mol. The molecule has 0 radical (unpaired) electrons. The van der Waals surface area contributed by atoms with Gasteiger partial charge in [-0.25, -0.2) is 0 Å². The summed E-state index contributed by atoms with van der Waals surface area (Å²) in [6.45, 7) is 13.1. The van der Waals surface area contributed by atoms with Crippen LogP contribution in [0.3, 0.4) is 0 Å². The molecule has 0 saturated carbocycles. The van der Waals surface area contributed by atoms with Gasteiger partial charge in [-0.2, -0.15) is 0 Å². The van der Waals surface area contributed by atoms with Crippen molar-refractivity contribution in [1.82, 2.24) is 20.9 Å². The molecule has 0 aromatic heterocycles. The van der Waals surface area contributed by atoms with Crippen LogP contribution in [0, 0.1) is 13.8 Å². The van der Waals surface area contributed by atoms with Gasteiger partial charge in [0.15, 0.2) is 6.61 Å². The predicted octanol–water partition coefficient (Wildman–Crippen LogP) is 5.43. The molecule has 1 heterocycles. The second-order valence-electron chi connectivity index (χ2n) is 14.9. The van der Waals surface area contributed by atoms with Gasteiger partial charge in [-0.15, -0.1) is 24.2 Å². The van der Waals surface area contributed by atoms with E-state index in [1.165, 1.54) is 16.7 Å². The molecule has 1 saturated heterocycles. The van der Waals surface area contributed by atoms with Gasteiger partial charge in [0.05, 0.1) is 18.3 Å². The zero-order valence-electron chi connectivity index (χ0n) is 32.1. The number of nitrogens with zero attached hydrogens (tertiary/aromatic N) is 1. The Morgan fingerprint density at radius 2 is 1.44 bits per heavy atom.